The second kappa shape index (κ2) is 7.09. The third-order valence-electron chi connectivity index (χ3n) is 2.09. The molecule has 0 amide bonds. The Morgan fingerprint density at radius 1 is 1.47 bits per heavy atom. The number of nitrogens with zero attached hydrogens (tertiary/aromatic N) is 1. The van der Waals surface area contributed by atoms with Crippen LogP contribution in [0.2, 0.25) is 5.02 Å². The number of hydrogen-bond donors (Lipinski definition) is 1. The molecule has 0 heterocycles. The summed E-state index contributed by atoms with van der Waals surface area (Å²) in [7, 11) is 0. The highest BCUT2D eigenvalue weighted by atomic mass is 35.5. The van der Waals surface area contributed by atoms with Crippen molar-refractivity contribution in [3.05, 3.63) is 33.3 Å². The molecule has 0 aliphatic heterocycles. The summed E-state index contributed by atoms with van der Waals surface area (Å²) in [6.07, 6.45) is 1.07. The largest absolute Gasteiger partial charge is 0.492 e. The van der Waals surface area contributed by atoms with E-state index in [0.29, 0.717) is 12.4 Å². The van der Waals surface area contributed by atoms with E-state index in [1.165, 1.54) is 12.1 Å². The van der Waals surface area contributed by atoms with E-state index in [1.807, 2.05) is 0 Å². The molecule has 17 heavy (non-hydrogen) atoms. The van der Waals surface area contributed by atoms with E-state index in [0.717, 1.165) is 19.5 Å². The van der Waals surface area contributed by atoms with Gasteiger partial charge in [-0.3, -0.25) is 10.1 Å². The van der Waals surface area contributed by atoms with Crippen molar-refractivity contribution in [3.8, 4) is 5.75 Å². The second-order valence-corrected chi connectivity index (χ2v) is 3.88. The van der Waals surface area contributed by atoms with Crippen molar-refractivity contribution in [2.24, 2.45) is 0 Å². The molecule has 0 fully saturated rings. The molecule has 5 nitrogen and oxygen atoms in total. The summed E-state index contributed by atoms with van der Waals surface area (Å²) < 4.78 is 5.40. The fourth-order valence-electron chi connectivity index (χ4n) is 1.27. The molecular weight excluding hydrogens is 244 g/mol. The molecule has 0 unspecified atom stereocenters. The number of ether oxygens (including phenoxy) is 1. The number of nitrogens with one attached hydrogen (secondary N) is 1. The number of halogens is 1. The number of benzene rings is 1. The minimum Gasteiger partial charge on any atom is -0.492 e. The van der Waals surface area contributed by atoms with E-state index in [1.54, 1.807) is 6.07 Å². The van der Waals surface area contributed by atoms with Gasteiger partial charge in [0.05, 0.1) is 4.92 Å². The van der Waals surface area contributed by atoms with Crippen molar-refractivity contribution >= 4 is 17.3 Å². The van der Waals surface area contributed by atoms with E-state index >= 15 is 0 Å². The molecule has 0 saturated heterocycles. The molecule has 0 aliphatic carbocycles. The van der Waals surface area contributed by atoms with Crippen molar-refractivity contribution in [2.75, 3.05) is 19.7 Å². The maximum atomic E-state index is 10.5. The van der Waals surface area contributed by atoms with Gasteiger partial charge in [-0.25, -0.2) is 0 Å². The SMILES string of the molecule is CCCNCCOc1ccc([N+](=O)[O-])c(Cl)c1. The van der Waals surface area contributed by atoms with Crippen LogP contribution >= 0.6 is 11.6 Å². The first-order valence-electron chi connectivity index (χ1n) is 5.42. The topological polar surface area (TPSA) is 64.4 Å². The van der Waals surface area contributed by atoms with Gasteiger partial charge in [0.1, 0.15) is 17.4 Å². The predicted molar refractivity (Wildman–Crippen MR) is 66.8 cm³/mol. The summed E-state index contributed by atoms with van der Waals surface area (Å²) in [5.41, 5.74) is -0.108. The van der Waals surface area contributed by atoms with Crippen molar-refractivity contribution in [3.63, 3.8) is 0 Å². The Balaban J connectivity index is 2.45. The Morgan fingerprint density at radius 3 is 2.82 bits per heavy atom. The molecule has 0 bridgehead atoms. The minimum atomic E-state index is -0.519. The maximum Gasteiger partial charge on any atom is 0.288 e. The molecule has 1 N–H and O–H groups in total. The van der Waals surface area contributed by atoms with Crippen LogP contribution in [0.5, 0.6) is 5.75 Å². The molecule has 6 heteroatoms. The van der Waals surface area contributed by atoms with Crippen molar-refractivity contribution in [1.82, 2.24) is 5.32 Å². The third kappa shape index (κ3) is 4.58. The maximum absolute atomic E-state index is 10.5. The second-order valence-electron chi connectivity index (χ2n) is 3.47. The predicted octanol–water partition coefficient (Wildman–Crippen LogP) is 2.63. The molecule has 0 spiro atoms. The fraction of sp³-hybridized carbons (Fsp3) is 0.455. The van der Waals surface area contributed by atoms with Gasteiger partial charge >= 0.3 is 0 Å². The molecule has 0 saturated carbocycles. The van der Waals surface area contributed by atoms with Crippen LogP contribution in [0.15, 0.2) is 18.2 Å². The van der Waals surface area contributed by atoms with Gasteiger partial charge in [0.2, 0.25) is 0 Å². The van der Waals surface area contributed by atoms with E-state index in [-0.39, 0.29) is 10.7 Å². The minimum absolute atomic E-state index is 0.0917. The zero-order valence-electron chi connectivity index (χ0n) is 9.61. The highest BCUT2D eigenvalue weighted by molar-refractivity contribution is 6.32. The highest BCUT2D eigenvalue weighted by Crippen LogP contribution is 2.28. The average molecular weight is 259 g/mol. The summed E-state index contributed by atoms with van der Waals surface area (Å²) in [6, 6.07) is 4.35. The van der Waals surface area contributed by atoms with Gasteiger partial charge in [0, 0.05) is 18.7 Å². The van der Waals surface area contributed by atoms with Gasteiger partial charge in [-0.1, -0.05) is 18.5 Å². The van der Waals surface area contributed by atoms with Crippen LogP contribution in [0, 0.1) is 10.1 Å². The third-order valence-corrected chi connectivity index (χ3v) is 2.39. The van der Waals surface area contributed by atoms with Crippen molar-refractivity contribution in [2.45, 2.75) is 13.3 Å². The summed E-state index contributed by atoms with van der Waals surface area (Å²) in [5, 5.41) is 13.8. The van der Waals surface area contributed by atoms with E-state index in [9.17, 15) is 10.1 Å². The first kappa shape index (κ1) is 13.7. The zero-order valence-corrected chi connectivity index (χ0v) is 10.4. The Bertz CT molecular complexity index is 385. The molecule has 94 valence electrons. The highest BCUT2D eigenvalue weighted by Gasteiger charge is 2.12. The van der Waals surface area contributed by atoms with Crippen LogP contribution in [-0.4, -0.2) is 24.6 Å². The van der Waals surface area contributed by atoms with E-state index in [2.05, 4.69) is 12.2 Å². The molecule has 0 aliphatic rings. The van der Waals surface area contributed by atoms with Gasteiger partial charge in [-0.15, -0.1) is 0 Å². The monoisotopic (exact) mass is 258 g/mol. The summed E-state index contributed by atoms with van der Waals surface area (Å²) in [5.74, 6) is 0.541. The lowest BCUT2D eigenvalue weighted by molar-refractivity contribution is -0.384. The van der Waals surface area contributed by atoms with E-state index in [4.69, 9.17) is 16.3 Å². The Morgan fingerprint density at radius 2 is 2.24 bits per heavy atom. The first-order chi connectivity index (χ1) is 8.15. The van der Waals surface area contributed by atoms with Gasteiger partial charge < -0.3 is 10.1 Å². The average Bonchev–Trinajstić information content (AvgIpc) is 2.28. The van der Waals surface area contributed by atoms with Crippen LogP contribution in [0.4, 0.5) is 5.69 Å². The lowest BCUT2D eigenvalue weighted by atomic mass is 10.3. The molecule has 1 aromatic carbocycles. The van der Waals surface area contributed by atoms with Gasteiger partial charge in [-0.05, 0) is 19.0 Å². The normalized spacial score (nSPS) is 10.2. The number of rotatable bonds is 7. The summed E-state index contributed by atoms with van der Waals surface area (Å²) in [6.45, 7) is 4.28. The molecule has 1 aromatic rings. The van der Waals surface area contributed by atoms with Gasteiger partial charge in [-0.2, -0.15) is 0 Å². The smallest absolute Gasteiger partial charge is 0.288 e. The molecule has 0 aromatic heterocycles. The first-order valence-corrected chi connectivity index (χ1v) is 5.80. The molecule has 0 atom stereocenters. The zero-order chi connectivity index (χ0) is 12.7. The lowest BCUT2D eigenvalue weighted by Gasteiger charge is -2.07. The van der Waals surface area contributed by atoms with Crippen LogP contribution < -0.4 is 10.1 Å². The van der Waals surface area contributed by atoms with Crippen LogP contribution in [0.25, 0.3) is 0 Å². The summed E-state index contributed by atoms with van der Waals surface area (Å²) in [4.78, 5) is 10.0. The number of nitro groups is 1. The molecular formula is C11H15ClN2O3. The Labute approximate surface area is 105 Å². The van der Waals surface area contributed by atoms with Crippen LogP contribution in [0.3, 0.4) is 0 Å². The standard InChI is InChI=1S/C11H15ClN2O3/c1-2-5-13-6-7-17-9-3-4-11(14(15)16)10(12)8-9/h3-4,8,13H,2,5-7H2,1H3. The number of hydrogen-bond acceptors (Lipinski definition) is 4. The van der Waals surface area contributed by atoms with Gasteiger partial charge in [0.15, 0.2) is 0 Å². The lowest BCUT2D eigenvalue weighted by Crippen LogP contribution is -2.21. The quantitative estimate of drug-likeness (QED) is 0.464. The number of nitro benzene ring substituents is 1. The van der Waals surface area contributed by atoms with Gasteiger partial charge in [0.25, 0.3) is 5.69 Å². The van der Waals surface area contributed by atoms with Crippen LogP contribution in [-0.2, 0) is 0 Å². The van der Waals surface area contributed by atoms with Crippen molar-refractivity contribution in [1.29, 1.82) is 0 Å². The molecule has 0 radical (unpaired) electrons. The van der Waals surface area contributed by atoms with Crippen LogP contribution in [0.1, 0.15) is 13.3 Å². The Hall–Kier alpha value is -1.33. The van der Waals surface area contributed by atoms with E-state index < -0.39 is 4.92 Å². The van der Waals surface area contributed by atoms with Crippen molar-refractivity contribution < 1.29 is 9.66 Å². The Kier molecular flexibility index (Phi) is 5.72. The molecule has 1 rings (SSSR count). The fourth-order valence-corrected chi connectivity index (χ4v) is 1.51. The summed E-state index contributed by atoms with van der Waals surface area (Å²) >= 11 is 5.75.